The number of rotatable bonds is 6. The van der Waals surface area contributed by atoms with Crippen molar-refractivity contribution < 1.29 is 9.60 Å². The largest absolute Gasteiger partial charge is 0.409 e. The lowest BCUT2D eigenvalue weighted by Crippen LogP contribution is -2.28. The van der Waals surface area contributed by atoms with Crippen molar-refractivity contribution in [3.05, 3.63) is 35.1 Å². The fraction of sp³-hybridized carbons (Fsp3) is 0.533. The SMILES string of the molecule is N/C(=N/O)c1cccc(CN(CC2CC2)C2CC2)c1F. The van der Waals surface area contributed by atoms with Crippen molar-refractivity contribution in [3.63, 3.8) is 0 Å². The van der Waals surface area contributed by atoms with E-state index in [9.17, 15) is 4.39 Å². The maximum atomic E-state index is 14.4. The molecule has 0 heterocycles. The van der Waals surface area contributed by atoms with Gasteiger partial charge >= 0.3 is 0 Å². The third-order valence-corrected chi connectivity index (χ3v) is 4.09. The fourth-order valence-electron chi connectivity index (χ4n) is 2.59. The number of nitrogens with two attached hydrogens (primary N) is 1. The molecular weight excluding hydrogens is 257 g/mol. The van der Waals surface area contributed by atoms with Gasteiger partial charge < -0.3 is 10.9 Å². The number of halogens is 1. The second-order valence-corrected chi connectivity index (χ2v) is 5.87. The minimum absolute atomic E-state index is 0.173. The lowest BCUT2D eigenvalue weighted by atomic mass is 10.1. The van der Waals surface area contributed by atoms with E-state index in [-0.39, 0.29) is 17.2 Å². The molecule has 0 unspecified atom stereocenters. The summed E-state index contributed by atoms with van der Waals surface area (Å²) in [5, 5.41) is 11.6. The molecule has 1 aromatic carbocycles. The lowest BCUT2D eigenvalue weighted by molar-refractivity contribution is 0.240. The van der Waals surface area contributed by atoms with E-state index in [2.05, 4.69) is 10.1 Å². The maximum Gasteiger partial charge on any atom is 0.173 e. The quantitative estimate of drug-likeness (QED) is 0.363. The number of benzene rings is 1. The summed E-state index contributed by atoms with van der Waals surface area (Å²) in [6, 6.07) is 5.69. The lowest BCUT2D eigenvalue weighted by Gasteiger charge is -2.22. The molecule has 0 saturated heterocycles. The molecule has 3 N–H and O–H groups in total. The monoisotopic (exact) mass is 277 g/mol. The van der Waals surface area contributed by atoms with Crippen LogP contribution in [0.2, 0.25) is 0 Å². The zero-order valence-corrected chi connectivity index (χ0v) is 11.4. The highest BCUT2D eigenvalue weighted by molar-refractivity contribution is 5.97. The van der Waals surface area contributed by atoms with Gasteiger partial charge in [0.25, 0.3) is 0 Å². The zero-order chi connectivity index (χ0) is 14.1. The van der Waals surface area contributed by atoms with Crippen LogP contribution in [0.5, 0.6) is 0 Å². The van der Waals surface area contributed by atoms with Crippen LogP contribution in [0.25, 0.3) is 0 Å². The first-order chi connectivity index (χ1) is 9.69. The average Bonchev–Trinajstić information content (AvgIpc) is 3.31. The first-order valence-electron chi connectivity index (χ1n) is 7.18. The molecular formula is C15H20FN3O. The van der Waals surface area contributed by atoms with E-state index < -0.39 is 0 Å². The number of oxime groups is 1. The van der Waals surface area contributed by atoms with Gasteiger partial charge in [-0.2, -0.15) is 0 Å². The van der Waals surface area contributed by atoms with Crippen LogP contribution < -0.4 is 5.73 Å². The Kier molecular flexibility index (Phi) is 3.61. The van der Waals surface area contributed by atoms with Crippen molar-refractivity contribution >= 4 is 5.84 Å². The van der Waals surface area contributed by atoms with Crippen molar-refractivity contribution in [2.45, 2.75) is 38.3 Å². The smallest absolute Gasteiger partial charge is 0.173 e. The predicted octanol–water partition coefficient (Wildman–Crippen LogP) is 2.29. The van der Waals surface area contributed by atoms with Crippen LogP contribution >= 0.6 is 0 Å². The van der Waals surface area contributed by atoms with E-state index in [0.29, 0.717) is 18.2 Å². The van der Waals surface area contributed by atoms with E-state index in [4.69, 9.17) is 10.9 Å². The van der Waals surface area contributed by atoms with Crippen molar-refractivity contribution in [2.75, 3.05) is 6.54 Å². The zero-order valence-electron chi connectivity index (χ0n) is 11.4. The Bertz CT molecular complexity index is 524. The second kappa shape index (κ2) is 5.40. The number of hydrogen-bond acceptors (Lipinski definition) is 3. The van der Waals surface area contributed by atoms with Crippen LogP contribution in [0.15, 0.2) is 23.4 Å². The van der Waals surface area contributed by atoms with Crippen LogP contribution in [0.4, 0.5) is 4.39 Å². The minimum atomic E-state index is -0.371. The topological polar surface area (TPSA) is 61.9 Å². The summed E-state index contributed by atoms with van der Waals surface area (Å²) >= 11 is 0. The van der Waals surface area contributed by atoms with Gasteiger partial charge in [-0.1, -0.05) is 17.3 Å². The van der Waals surface area contributed by atoms with Gasteiger partial charge in [-0.15, -0.1) is 0 Å². The number of amidine groups is 1. The summed E-state index contributed by atoms with van der Waals surface area (Å²) in [5.41, 5.74) is 6.30. The molecule has 5 heteroatoms. The third kappa shape index (κ3) is 2.93. The van der Waals surface area contributed by atoms with Crippen molar-refractivity contribution in [1.82, 2.24) is 4.90 Å². The Morgan fingerprint density at radius 3 is 2.70 bits per heavy atom. The van der Waals surface area contributed by atoms with Crippen molar-refractivity contribution in [3.8, 4) is 0 Å². The molecule has 2 saturated carbocycles. The first kappa shape index (κ1) is 13.4. The molecule has 1 aromatic rings. The molecule has 4 nitrogen and oxygen atoms in total. The summed E-state index contributed by atoms with van der Waals surface area (Å²) in [6.07, 6.45) is 5.04. The normalized spacial score (nSPS) is 19.6. The molecule has 3 rings (SSSR count). The summed E-state index contributed by atoms with van der Waals surface area (Å²) < 4.78 is 14.4. The molecule has 0 amide bonds. The standard InChI is InChI=1S/C15H20FN3O/c16-14-11(2-1-3-13(14)15(17)18-20)9-19(12-6-7-12)8-10-4-5-10/h1-3,10,12,20H,4-9H2,(H2,17,18). The average molecular weight is 277 g/mol. The third-order valence-electron chi connectivity index (χ3n) is 4.09. The van der Waals surface area contributed by atoms with Gasteiger partial charge in [0.1, 0.15) is 5.82 Å². The van der Waals surface area contributed by atoms with Gasteiger partial charge in [-0.3, -0.25) is 4.90 Å². The molecule has 2 aliphatic rings. The van der Waals surface area contributed by atoms with Crippen molar-refractivity contribution in [1.29, 1.82) is 0 Å². The Morgan fingerprint density at radius 1 is 1.35 bits per heavy atom. The van der Waals surface area contributed by atoms with E-state index in [1.54, 1.807) is 12.1 Å². The van der Waals surface area contributed by atoms with Gasteiger partial charge in [0.15, 0.2) is 5.84 Å². The second-order valence-electron chi connectivity index (χ2n) is 5.87. The maximum absolute atomic E-state index is 14.4. The highest BCUT2D eigenvalue weighted by Gasteiger charge is 2.34. The fourth-order valence-corrected chi connectivity index (χ4v) is 2.59. The van der Waals surface area contributed by atoms with Gasteiger partial charge in [0, 0.05) is 24.7 Å². The Labute approximate surface area is 118 Å². The molecule has 0 spiro atoms. The minimum Gasteiger partial charge on any atom is -0.409 e. The van der Waals surface area contributed by atoms with Crippen LogP contribution in [0, 0.1) is 11.7 Å². The Balaban J connectivity index is 1.78. The van der Waals surface area contributed by atoms with E-state index >= 15 is 0 Å². The number of nitrogens with zero attached hydrogens (tertiary/aromatic N) is 2. The van der Waals surface area contributed by atoms with E-state index in [0.717, 1.165) is 12.5 Å². The van der Waals surface area contributed by atoms with E-state index in [1.807, 2.05) is 0 Å². The van der Waals surface area contributed by atoms with Gasteiger partial charge in [0.05, 0.1) is 5.56 Å². The molecule has 0 bridgehead atoms. The molecule has 2 fully saturated rings. The van der Waals surface area contributed by atoms with Crippen LogP contribution in [0.3, 0.4) is 0 Å². The molecule has 2 aliphatic carbocycles. The molecule has 0 radical (unpaired) electrons. The molecule has 0 atom stereocenters. The predicted molar refractivity (Wildman–Crippen MR) is 75.1 cm³/mol. The highest BCUT2D eigenvalue weighted by Crippen LogP contribution is 2.35. The van der Waals surface area contributed by atoms with Crippen LogP contribution in [-0.4, -0.2) is 28.5 Å². The van der Waals surface area contributed by atoms with Crippen LogP contribution in [-0.2, 0) is 6.54 Å². The Morgan fingerprint density at radius 2 is 2.10 bits per heavy atom. The Hall–Kier alpha value is -1.62. The van der Waals surface area contributed by atoms with Gasteiger partial charge in [-0.25, -0.2) is 4.39 Å². The molecule has 0 aromatic heterocycles. The first-order valence-corrected chi connectivity index (χ1v) is 7.18. The summed E-state index contributed by atoms with van der Waals surface area (Å²) in [4.78, 5) is 2.38. The molecule has 20 heavy (non-hydrogen) atoms. The molecule has 0 aliphatic heterocycles. The van der Waals surface area contributed by atoms with Gasteiger partial charge in [-0.05, 0) is 37.7 Å². The number of hydrogen-bond donors (Lipinski definition) is 2. The summed E-state index contributed by atoms with van der Waals surface area (Å²) in [5.74, 6) is 0.250. The summed E-state index contributed by atoms with van der Waals surface area (Å²) in [7, 11) is 0. The highest BCUT2D eigenvalue weighted by atomic mass is 19.1. The summed E-state index contributed by atoms with van der Waals surface area (Å²) in [6.45, 7) is 1.68. The van der Waals surface area contributed by atoms with Crippen molar-refractivity contribution in [2.24, 2.45) is 16.8 Å². The molecule has 108 valence electrons. The van der Waals surface area contributed by atoms with E-state index in [1.165, 1.54) is 31.7 Å². The van der Waals surface area contributed by atoms with Crippen LogP contribution in [0.1, 0.15) is 36.8 Å². The van der Waals surface area contributed by atoms with Gasteiger partial charge in [0.2, 0.25) is 0 Å².